The molecule has 0 aliphatic carbocycles. The van der Waals surface area contributed by atoms with Crippen LogP contribution < -0.4 is 5.32 Å². The third-order valence-corrected chi connectivity index (χ3v) is 5.52. The van der Waals surface area contributed by atoms with Gasteiger partial charge >= 0.3 is 0 Å². The van der Waals surface area contributed by atoms with Gasteiger partial charge in [-0.3, -0.25) is 9.79 Å². The summed E-state index contributed by atoms with van der Waals surface area (Å²) in [5.74, 6) is -0.283. The molecule has 2 aromatic rings. The van der Waals surface area contributed by atoms with Gasteiger partial charge in [0.15, 0.2) is 0 Å². The number of nitrogens with zero attached hydrogens (tertiary/aromatic N) is 3. The van der Waals surface area contributed by atoms with E-state index in [2.05, 4.69) is 27.4 Å². The second-order valence-corrected chi connectivity index (χ2v) is 7.32. The lowest BCUT2D eigenvalue weighted by Gasteiger charge is -2.15. The molecule has 0 unspecified atom stereocenters. The fourth-order valence-electron chi connectivity index (χ4n) is 3.62. The summed E-state index contributed by atoms with van der Waals surface area (Å²) >= 11 is 0. The average molecular weight is 386 g/mol. The second-order valence-electron chi connectivity index (χ2n) is 7.32. The molecule has 1 aromatic heterocycles. The van der Waals surface area contributed by atoms with Gasteiger partial charge in [-0.15, -0.1) is 0 Å². The minimum atomic E-state index is -0.283. The van der Waals surface area contributed by atoms with E-state index in [-0.39, 0.29) is 5.91 Å². The molecular weight excluding hydrogens is 364 g/mol. The van der Waals surface area contributed by atoms with Crippen molar-refractivity contribution in [2.45, 2.75) is 33.2 Å². The molecule has 6 nitrogen and oxygen atoms in total. The van der Waals surface area contributed by atoms with Crippen LogP contribution in [0, 0.1) is 25.2 Å². The summed E-state index contributed by atoms with van der Waals surface area (Å²) in [4.78, 5) is 21.6. The SMILES string of the molecule is Cc1c(C#N)cnc(C(=O)Nc2ccc3c(c2)C(C=C2CCOCC2)=NC3)c1C. The Bertz CT molecular complexity index is 1080. The zero-order chi connectivity index (χ0) is 20.4. The normalized spacial score (nSPS) is 15.3. The molecule has 0 spiro atoms. The van der Waals surface area contributed by atoms with Crippen molar-refractivity contribution in [2.75, 3.05) is 18.5 Å². The number of ether oxygens (including phenoxy) is 1. The molecule has 1 saturated heterocycles. The van der Waals surface area contributed by atoms with Gasteiger partial charge in [0.1, 0.15) is 11.8 Å². The van der Waals surface area contributed by atoms with Crippen LogP contribution >= 0.6 is 0 Å². The number of aromatic nitrogens is 1. The number of carbonyl (C=O) groups is 1. The Morgan fingerprint density at radius 2 is 2.03 bits per heavy atom. The number of anilines is 1. The molecule has 1 aromatic carbocycles. The first-order chi connectivity index (χ1) is 14.1. The number of carbonyl (C=O) groups excluding carboxylic acids is 1. The summed E-state index contributed by atoms with van der Waals surface area (Å²) in [6.45, 7) is 5.82. The first kappa shape index (κ1) is 19.0. The third-order valence-electron chi connectivity index (χ3n) is 5.52. The molecular formula is C23H22N4O2. The largest absolute Gasteiger partial charge is 0.381 e. The number of fused-ring (bicyclic) bond motifs is 1. The van der Waals surface area contributed by atoms with Crippen LogP contribution in [-0.2, 0) is 11.3 Å². The molecule has 1 fully saturated rings. The Morgan fingerprint density at radius 3 is 2.79 bits per heavy atom. The van der Waals surface area contributed by atoms with Crippen LogP contribution in [0.5, 0.6) is 0 Å². The quantitative estimate of drug-likeness (QED) is 0.868. The van der Waals surface area contributed by atoms with Crippen LogP contribution in [0.15, 0.2) is 41.0 Å². The Balaban J connectivity index is 1.57. The summed E-state index contributed by atoms with van der Waals surface area (Å²) < 4.78 is 5.42. The molecule has 1 amide bonds. The first-order valence-corrected chi connectivity index (χ1v) is 9.69. The monoisotopic (exact) mass is 386 g/mol. The maximum Gasteiger partial charge on any atom is 0.274 e. The summed E-state index contributed by atoms with van der Waals surface area (Å²) in [7, 11) is 0. The van der Waals surface area contributed by atoms with Crippen LogP contribution in [0.2, 0.25) is 0 Å². The van der Waals surface area contributed by atoms with E-state index in [4.69, 9.17) is 10.00 Å². The summed E-state index contributed by atoms with van der Waals surface area (Å²) in [5.41, 5.74) is 7.55. The number of hydrogen-bond acceptors (Lipinski definition) is 5. The zero-order valence-electron chi connectivity index (χ0n) is 16.6. The molecule has 3 heterocycles. The Morgan fingerprint density at radius 1 is 1.24 bits per heavy atom. The zero-order valence-corrected chi connectivity index (χ0v) is 16.6. The Kier molecular flexibility index (Phi) is 5.24. The topological polar surface area (TPSA) is 87.4 Å². The number of amides is 1. The number of pyridine rings is 1. The van der Waals surface area contributed by atoms with E-state index in [9.17, 15) is 4.79 Å². The van der Waals surface area contributed by atoms with Crippen LogP contribution in [0.4, 0.5) is 5.69 Å². The van der Waals surface area contributed by atoms with Gasteiger partial charge in [-0.1, -0.05) is 11.6 Å². The molecule has 4 rings (SSSR count). The maximum absolute atomic E-state index is 12.8. The minimum absolute atomic E-state index is 0.283. The summed E-state index contributed by atoms with van der Waals surface area (Å²) in [6.07, 6.45) is 5.49. The van der Waals surface area contributed by atoms with Crippen molar-refractivity contribution in [3.8, 4) is 6.07 Å². The van der Waals surface area contributed by atoms with Crippen molar-refractivity contribution in [1.82, 2.24) is 4.98 Å². The van der Waals surface area contributed by atoms with Gasteiger partial charge in [0.05, 0.1) is 31.0 Å². The lowest BCUT2D eigenvalue weighted by Crippen LogP contribution is -2.16. The van der Waals surface area contributed by atoms with E-state index in [0.29, 0.717) is 29.1 Å². The maximum atomic E-state index is 12.8. The Labute approximate surface area is 169 Å². The lowest BCUT2D eigenvalue weighted by atomic mass is 10.00. The predicted molar refractivity (Wildman–Crippen MR) is 111 cm³/mol. The molecule has 2 aliphatic heterocycles. The van der Waals surface area contributed by atoms with E-state index >= 15 is 0 Å². The smallest absolute Gasteiger partial charge is 0.274 e. The number of benzene rings is 1. The molecule has 0 bridgehead atoms. The van der Waals surface area contributed by atoms with Gasteiger partial charge in [-0.2, -0.15) is 5.26 Å². The highest BCUT2D eigenvalue weighted by Gasteiger charge is 2.19. The molecule has 146 valence electrons. The molecule has 0 saturated carbocycles. The van der Waals surface area contributed by atoms with Gasteiger partial charge in [-0.05, 0) is 61.6 Å². The summed E-state index contributed by atoms with van der Waals surface area (Å²) in [5, 5.41) is 12.1. The molecule has 1 N–H and O–H groups in total. The van der Waals surface area contributed by atoms with Crippen molar-refractivity contribution in [2.24, 2.45) is 4.99 Å². The van der Waals surface area contributed by atoms with E-state index in [0.717, 1.165) is 48.5 Å². The van der Waals surface area contributed by atoms with Crippen LogP contribution in [0.1, 0.15) is 51.1 Å². The van der Waals surface area contributed by atoms with E-state index in [1.807, 2.05) is 32.0 Å². The second kappa shape index (κ2) is 7.98. The van der Waals surface area contributed by atoms with Crippen molar-refractivity contribution < 1.29 is 9.53 Å². The fraction of sp³-hybridized carbons (Fsp3) is 0.304. The number of rotatable bonds is 3. The highest BCUT2D eigenvalue weighted by Crippen LogP contribution is 2.26. The average Bonchev–Trinajstić information content (AvgIpc) is 3.12. The molecule has 6 heteroatoms. The van der Waals surface area contributed by atoms with Crippen molar-refractivity contribution >= 4 is 17.3 Å². The van der Waals surface area contributed by atoms with Gasteiger partial charge in [0.2, 0.25) is 0 Å². The van der Waals surface area contributed by atoms with E-state index < -0.39 is 0 Å². The number of nitriles is 1. The molecule has 29 heavy (non-hydrogen) atoms. The molecule has 0 radical (unpaired) electrons. The van der Waals surface area contributed by atoms with Crippen molar-refractivity contribution in [3.63, 3.8) is 0 Å². The number of nitrogens with one attached hydrogen (secondary N) is 1. The fourth-order valence-corrected chi connectivity index (χ4v) is 3.62. The summed E-state index contributed by atoms with van der Waals surface area (Å²) in [6, 6.07) is 7.97. The Hall–Kier alpha value is -3.30. The molecule has 2 aliphatic rings. The van der Waals surface area contributed by atoms with Crippen molar-refractivity contribution in [3.05, 3.63) is 69.6 Å². The van der Waals surface area contributed by atoms with Crippen LogP contribution in [0.3, 0.4) is 0 Å². The number of aliphatic imine (C=N–C) groups is 1. The van der Waals surface area contributed by atoms with Gasteiger partial charge < -0.3 is 10.1 Å². The lowest BCUT2D eigenvalue weighted by molar-refractivity contribution is 0.102. The van der Waals surface area contributed by atoms with E-state index in [1.54, 1.807) is 0 Å². The van der Waals surface area contributed by atoms with Gasteiger partial charge in [0, 0.05) is 17.4 Å². The third kappa shape index (κ3) is 3.82. The standard InChI is InChI=1S/C23H22N4O2/c1-14-15(2)22(26-13-18(14)11-24)23(28)27-19-4-3-17-12-25-21(20(17)10-19)9-16-5-7-29-8-6-16/h3-4,9-10,13H,5-8,12H2,1-2H3,(H,27,28). The highest BCUT2D eigenvalue weighted by atomic mass is 16.5. The molecule has 0 atom stereocenters. The highest BCUT2D eigenvalue weighted by molar-refractivity contribution is 6.12. The van der Waals surface area contributed by atoms with Crippen molar-refractivity contribution in [1.29, 1.82) is 5.26 Å². The van der Waals surface area contributed by atoms with Gasteiger partial charge in [-0.25, -0.2) is 4.98 Å². The first-order valence-electron chi connectivity index (χ1n) is 9.69. The van der Waals surface area contributed by atoms with Crippen LogP contribution in [0.25, 0.3) is 0 Å². The van der Waals surface area contributed by atoms with Gasteiger partial charge in [0.25, 0.3) is 5.91 Å². The number of allylic oxidation sites excluding steroid dienone is 1. The minimum Gasteiger partial charge on any atom is -0.381 e. The predicted octanol–water partition coefficient (Wildman–Crippen LogP) is 3.86. The number of hydrogen-bond donors (Lipinski definition) is 1. The van der Waals surface area contributed by atoms with E-state index in [1.165, 1.54) is 11.8 Å². The van der Waals surface area contributed by atoms with Crippen LogP contribution in [-0.4, -0.2) is 29.8 Å².